The number of nitrogens with zero attached hydrogens (tertiary/aromatic N) is 1. The Morgan fingerprint density at radius 1 is 1.37 bits per heavy atom. The number of nitrogens with one attached hydrogen (secondary N) is 3. The highest BCUT2D eigenvalue weighted by atomic mass is 35.5. The second-order valence-corrected chi connectivity index (χ2v) is 5.87. The fraction of sp³-hybridized carbons (Fsp3) is 0.200. The smallest absolute Gasteiger partial charge is 0.266 e. The summed E-state index contributed by atoms with van der Waals surface area (Å²) in [5, 5.41) is -0.172. The van der Waals surface area contributed by atoms with Gasteiger partial charge in [-0.05, 0) is 6.07 Å². The quantitative estimate of drug-likeness (QED) is 0.737. The van der Waals surface area contributed by atoms with Gasteiger partial charge in [-0.1, -0.05) is 11.6 Å². The lowest BCUT2D eigenvalue weighted by molar-refractivity contribution is 0.580. The number of pyridine rings is 1. The number of H-pyrrole nitrogens is 2. The molecule has 0 aliphatic heterocycles. The molecule has 0 aromatic carbocycles. The van der Waals surface area contributed by atoms with Crippen molar-refractivity contribution in [2.24, 2.45) is 0 Å². The van der Waals surface area contributed by atoms with Gasteiger partial charge in [-0.15, -0.1) is 0 Å². The van der Waals surface area contributed by atoms with Crippen molar-refractivity contribution >= 4 is 21.6 Å². The second-order valence-electron chi connectivity index (χ2n) is 3.70. The van der Waals surface area contributed by atoms with E-state index in [4.69, 9.17) is 11.6 Å². The zero-order chi connectivity index (χ0) is 13.9. The summed E-state index contributed by atoms with van der Waals surface area (Å²) < 4.78 is 26.2. The van der Waals surface area contributed by atoms with Crippen LogP contribution in [0.1, 0.15) is 5.82 Å². The summed E-state index contributed by atoms with van der Waals surface area (Å²) >= 11 is 5.58. The first-order chi connectivity index (χ1) is 8.99. The molecule has 0 unspecified atom stereocenters. The van der Waals surface area contributed by atoms with Crippen molar-refractivity contribution in [3.8, 4) is 0 Å². The average Bonchev–Trinajstić information content (AvgIpc) is 2.85. The fourth-order valence-electron chi connectivity index (χ4n) is 1.41. The van der Waals surface area contributed by atoms with Gasteiger partial charge in [-0.2, -0.15) is 0 Å². The maximum Gasteiger partial charge on any atom is 0.266 e. The lowest BCUT2D eigenvalue weighted by Crippen LogP contribution is -2.27. The molecule has 2 aromatic heterocycles. The maximum atomic E-state index is 11.9. The standard InChI is InChI=1S/C10H11ClN4O3S/c11-8-5-7(6-14-10(8)16)19(17,18)15-2-1-9-12-3-4-13-9/h3-6,15H,1-2H2,(H,12,13)(H,14,16). The number of aromatic nitrogens is 3. The van der Waals surface area contributed by atoms with Crippen molar-refractivity contribution in [2.45, 2.75) is 11.3 Å². The molecule has 3 N–H and O–H groups in total. The number of aromatic amines is 2. The van der Waals surface area contributed by atoms with Gasteiger partial charge >= 0.3 is 0 Å². The van der Waals surface area contributed by atoms with E-state index in [9.17, 15) is 13.2 Å². The van der Waals surface area contributed by atoms with Crippen LogP contribution in [0.15, 0.2) is 34.3 Å². The number of sulfonamides is 1. The van der Waals surface area contributed by atoms with E-state index < -0.39 is 15.6 Å². The second kappa shape index (κ2) is 5.55. The third-order valence-electron chi connectivity index (χ3n) is 2.35. The number of rotatable bonds is 5. The van der Waals surface area contributed by atoms with Gasteiger partial charge < -0.3 is 9.97 Å². The van der Waals surface area contributed by atoms with E-state index in [-0.39, 0.29) is 16.5 Å². The monoisotopic (exact) mass is 302 g/mol. The molecule has 2 heterocycles. The van der Waals surface area contributed by atoms with E-state index in [0.717, 1.165) is 12.3 Å². The summed E-state index contributed by atoms with van der Waals surface area (Å²) in [7, 11) is -3.70. The van der Waals surface area contributed by atoms with E-state index >= 15 is 0 Å². The van der Waals surface area contributed by atoms with Crippen molar-refractivity contribution < 1.29 is 8.42 Å². The zero-order valence-corrected chi connectivity index (χ0v) is 11.3. The van der Waals surface area contributed by atoms with Gasteiger partial charge in [0, 0.05) is 31.6 Å². The first-order valence-corrected chi connectivity index (χ1v) is 7.21. The summed E-state index contributed by atoms with van der Waals surface area (Å²) in [6.07, 6.45) is 4.78. The normalized spacial score (nSPS) is 11.6. The Morgan fingerprint density at radius 2 is 2.16 bits per heavy atom. The van der Waals surface area contributed by atoms with Gasteiger partial charge in [-0.3, -0.25) is 4.79 Å². The summed E-state index contributed by atoms with van der Waals surface area (Å²) in [5.74, 6) is 0.683. The van der Waals surface area contributed by atoms with Crippen molar-refractivity contribution in [2.75, 3.05) is 6.54 Å². The highest BCUT2D eigenvalue weighted by molar-refractivity contribution is 7.89. The Bertz CT molecular complexity index is 709. The summed E-state index contributed by atoms with van der Waals surface area (Å²) in [5.41, 5.74) is -0.531. The molecular formula is C10H11ClN4O3S. The van der Waals surface area contributed by atoms with Gasteiger partial charge in [0.15, 0.2) is 0 Å². The first-order valence-electron chi connectivity index (χ1n) is 5.35. The highest BCUT2D eigenvalue weighted by Gasteiger charge is 2.15. The molecule has 2 aromatic rings. The molecule has 0 bridgehead atoms. The molecule has 2 rings (SSSR count). The number of hydrogen-bond acceptors (Lipinski definition) is 4. The zero-order valence-electron chi connectivity index (χ0n) is 9.68. The Morgan fingerprint density at radius 3 is 2.79 bits per heavy atom. The molecule has 0 saturated carbocycles. The molecule has 0 spiro atoms. The van der Waals surface area contributed by atoms with E-state index in [2.05, 4.69) is 19.7 Å². The van der Waals surface area contributed by atoms with Crippen LogP contribution in [0.5, 0.6) is 0 Å². The molecule has 0 aliphatic rings. The molecule has 102 valence electrons. The first kappa shape index (κ1) is 13.8. The lowest BCUT2D eigenvalue weighted by Gasteiger charge is -2.05. The van der Waals surface area contributed by atoms with Gasteiger partial charge in [0.2, 0.25) is 10.0 Å². The predicted molar refractivity (Wildman–Crippen MR) is 69.6 cm³/mol. The third kappa shape index (κ3) is 3.43. The largest absolute Gasteiger partial charge is 0.349 e. The van der Waals surface area contributed by atoms with Crippen molar-refractivity contribution in [1.29, 1.82) is 0 Å². The van der Waals surface area contributed by atoms with Crippen LogP contribution < -0.4 is 10.3 Å². The molecular weight excluding hydrogens is 292 g/mol. The maximum absolute atomic E-state index is 11.9. The number of hydrogen-bond donors (Lipinski definition) is 3. The summed E-state index contributed by atoms with van der Waals surface area (Å²) in [6, 6.07) is 1.11. The van der Waals surface area contributed by atoms with Crippen LogP contribution in [0.25, 0.3) is 0 Å². The minimum atomic E-state index is -3.70. The predicted octanol–water partition coefficient (Wildman–Crippen LogP) is 0.272. The minimum absolute atomic E-state index is 0.0865. The summed E-state index contributed by atoms with van der Waals surface area (Å²) in [6.45, 7) is 0.187. The van der Waals surface area contributed by atoms with Crippen LogP contribution in [-0.2, 0) is 16.4 Å². The molecule has 0 fully saturated rings. The van der Waals surface area contributed by atoms with Crippen LogP contribution in [0.2, 0.25) is 5.02 Å². The minimum Gasteiger partial charge on any atom is -0.349 e. The average molecular weight is 303 g/mol. The van der Waals surface area contributed by atoms with Crippen LogP contribution in [0.3, 0.4) is 0 Å². The molecule has 0 aliphatic carbocycles. The molecule has 9 heteroatoms. The molecule has 0 radical (unpaired) electrons. The van der Waals surface area contributed by atoms with Gasteiger partial charge in [0.05, 0.1) is 4.90 Å². The van der Waals surface area contributed by atoms with Crippen molar-refractivity contribution in [3.05, 3.63) is 45.9 Å². The van der Waals surface area contributed by atoms with E-state index in [1.807, 2.05) is 0 Å². The third-order valence-corrected chi connectivity index (χ3v) is 4.07. The highest BCUT2D eigenvalue weighted by Crippen LogP contribution is 2.10. The van der Waals surface area contributed by atoms with E-state index in [1.54, 1.807) is 12.4 Å². The number of halogens is 1. The van der Waals surface area contributed by atoms with Crippen LogP contribution in [-0.4, -0.2) is 29.9 Å². The Balaban J connectivity index is 2.05. The van der Waals surface area contributed by atoms with Crippen LogP contribution in [0.4, 0.5) is 0 Å². The Kier molecular flexibility index (Phi) is 4.03. The van der Waals surface area contributed by atoms with Crippen molar-refractivity contribution in [3.63, 3.8) is 0 Å². The number of imidazole rings is 1. The molecule has 0 amide bonds. The SMILES string of the molecule is O=c1[nH]cc(S(=O)(=O)NCCc2ncc[nH]2)cc1Cl. The van der Waals surface area contributed by atoms with Gasteiger partial charge in [0.25, 0.3) is 5.56 Å². The Labute approximate surface area is 114 Å². The Hall–Kier alpha value is -1.64. The molecule has 7 nitrogen and oxygen atoms in total. The summed E-state index contributed by atoms with van der Waals surface area (Å²) in [4.78, 5) is 20.1. The van der Waals surface area contributed by atoms with Gasteiger partial charge in [0.1, 0.15) is 10.8 Å². The lowest BCUT2D eigenvalue weighted by atomic mass is 10.4. The fourth-order valence-corrected chi connectivity index (χ4v) is 2.68. The molecule has 0 atom stereocenters. The van der Waals surface area contributed by atoms with Crippen LogP contribution in [0, 0.1) is 0 Å². The van der Waals surface area contributed by atoms with E-state index in [1.165, 1.54) is 0 Å². The van der Waals surface area contributed by atoms with Gasteiger partial charge in [-0.25, -0.2) is 18.1 Å². The van der Waals surface area contributed by atoms with Crippen LogP contribution >= 0.6 is 11.6 Å². The molecule has 19 heavy (non-hydrogen) atoms. The van der Waals surface area contributed by atoms with E-state index in [0.29, 0.717) is 12.2 Å². The van der Waals surface area contributed by atoms with Crippen molar-refractivity contribution in [1.82, 2.24) is 19.7 Å². The molecule has 0 saturated heterocycles. The topological polar surface area (TPSA) is 108 Å².